The van der Waals surface area contributed by atoms with Crippen molar-refractivity contribution in [2.75, 3.05) is 0 Å². The van der Waals surface area contributed by atoms with Crippen LogP contribution >= 0.6 is 0 Å². The Morgan fingerprint density at radius 2 is 0.965 bits per heavy atom. The van der Waals surface area contributed by atoms with Gasteiger partial charge in [-0.3, -0.25) is 0 Å². The second-order valence-corrected chi connectivity index (χ2v) is 13.4. The number of benzene rings is 10. The predicted octanol–water partition coefficient (Wildman–Crippen LogP) is 14.8. The van der Waals surface area contributed by atoms with E-state index in [2.05, 4.69) is 0 Å². The molecule has 57 heavy (non-hydrogen) atoms. The zero-order valence-electron chi connectivity index (χ0n) is 56.6. The molecule has 0 N–H and O–H groups in total. The van der Waals surface area contributed by atoms with Crippen LogP contribution in [0.4, 0.5) is 0 Å². The van der Waals surface area contributed by atoms with E-state index < -0.39 is 210 Å². The van der Waals surface area contributed by atoms with E-state index in [0.717, 1.165) is 0 Å². The van der Waals surface area contributed by atoms with Crippen molar-refractivity contribution in [2.24, 2.45) is 0 Å². The van der Waals surface area contributed by atoms with Crippen LogP contribution in [-0.4, -0.2) is 0 Å². The molecule has 1 heteroatoms. The van der Waals surface area contributed by atoms with Gasteiger partial charge in [0.15, 0.2) is 0 Å². The summed E-state index contributed by atoms with van der Waals surface area (Å²) in [4.78, 5) is 0. The summed E-state index contributed by atoms with van der Waals surface area (Å²) < 4.78 is 251. The van der Waals surface area contributed by atoms with Gasteiger partial charge in [-0.25, -0.2) is 0 Å². The van der Waals surface area contributed by atoms with Gasteiger partial charge in [0, 0.05) is 10.8 Å². The smallest absolute Gasteiger partial charge is 0.136 e. The third-order valence-electron chi connectivity index (χ3n) is 9.94. The van der Waals surface area contributed by atoms with Gasteiger partial charge in [0.25, 0.3) is 0 Å². The molecule has 0 fully saturated rings. The maximum absolute atomic E-state index is 9.79. The molecule has 1 heterocycles. The topological polar surface area (TPSA) is 13.1 Å². The van der Waals surface area contributed by atoms with Crippen molar-refractivity contribution < 1.29 is 41.4 Å². The Kier molecular flexibility index (Phi) is 3.89. The Labute approximate surface area is 370 Å². The maximum atomic E-state index is 9.79. The van der Waals surface area contributed by atoms with Crippen LogP contribution in [0.1, 0.15) is 70.4 Å². The maximum Gasteiger partial charge on any atom is 0.136 e. The van der Waals surface area contributed by atoms with Crippen LogP contribution in [-0.2, 0) is 25.7 Å². The number of hydrogen-bond acceptors (Lipinski definition) is 1. The molecule has 270 valence electrons. The van der Waals surface area contributed by atoms with Gasteiger partial charge in [-0.15, -0.1) is 0 Å². The molecular weight excluding hydrogens is 689 g/mol. The fourth-order valence-electron chi connectivity index (χ4n) is 7.30. The Balaban J connectivity index is 1.19. The van der Waals surface area contributed by atoms with Crippen LogP contribution in [0.3, 0.4) is 0 Å². The molecule has 0 bridgehead atoms. The van der Waals surface area contributed by atoms with E-state index in [-0.39, 0.29) is 82.9 Å². The SMILES string of the molecule is [2H]c1c(Cc2c(CCc3c4c([2H])c([2H])c([2H])c([2H])c4c(Cc4c([2H])c([2H])c5c([2H])c([2H])c([2H])c([2H])c5c4[2H])c4c([2H])c([2H])c([2H])c([2H])c34)c([2H])c3c([2H])c([2H])c([2H])c([2H])c3c2[2H])c([2H])c2c(oc3c([2H])c(-c4ccccc4)c([2H])c([2H])c32)c1[2H]. The van der Waals surface area contributed by atoms with Crippen molar-refractivity contribution in [1.82, 2.24) is 0 Å². The Hall–Kier alpha value is -6.96. The minimum Gasteiger partial charge on any atom is -0.456 e. The summed E-state index contributed by atoms with van der Waals surface area (Å²) in [5.41, 5.74) is -1.75. The third kappa shape index (κ3) is 6.13. The molecule has 0 spiro atoms. The average molecular weight is 756 g/mol. The van der Waals surface area contributed by atoms with Crippen molar-refractivity contribution in [3.05, 3.63) is 227 Å². The van der Waals surface area contributed by atoms with E-state index in [1.54, 1.807) is 30.3 Å². The van der Waals surface area contributed by atoms with E-state index in [9.17, 15) is 15.1 Å². The van der Waals surface area contributed by atoms with Crippen LogP contribution in [0, 0.1) is 0 Å². The number of fused-ring (bicyclic) bond motifs is 7. The van der Waals surface area contributed by atoms with Gasteiger partial charge >= 0.3 is 0 Å². The van der Waals surface area contributed by atoms with Gasteiger partial charge in [0.2, 0.25) is 0 Å². The first kappa shape index (κ1) is 15.9. The van der Waals surface area contributed by atoms with Crippen LogP contribution in [0.5, 0.6) is 0 Å². The molecule has 10 aromatic carbocycles. The van der Waals surface area contributed by atoms with Gasteiger partial charge in [-0.2, -0.15) is 0 Å². The first-order valence-corrected chi connectivity index (χ1v) is 17.9. The normalized spacial score (nSPS) is 18.4. The highest BCUT2D eigenvalue weighted by atomic mass is 16.3. The average Bonchev–Trinajstić information content (AvgIpc) is 1.01. The number of rotatable bonds is 8. The second-order valence-electron chi connectivity index (χ2n) is 13.4. The van der Waals surface area contributed by atoms with Crippen molar-refractivity contribution in [2.45, 2.75) is 25.7 Å². The highest BCUT2D eigenvalue weighted by Crippen LogP contribution is 2.37. The molecule has 0 aliphatic heterocycles. The van der Waals surface area contributed by atoms with E-state index >= 15 is 0 Å². The molecular formula is C56H40O. The standard InChI is InChI=1S/C56H40O/c1-2-12-39(13-3-1)45-26-28-52-54-33-38(23-29-55(54)57-56(52)36-45)31-46-35-43-17-7-6-16-42(43)34-44(46)25-27-51-47-18-8-10-20-49(47)53(50-21-11-9-19-48(50)51)32-37-22-24-40-14-4-5-15-41(40)30-37/h1-24,26,28-30,33-36H,25,27,31-32H2/i4D,5D,6D,7D,8D,9D,10D,11D,14D,15D,16D,17D,18D,19D,20D,21D,22D,23D,24D,26D,28D,29D,30D,33D,34D,35D,36D. The molecule has 0 unspecified atom stereocenters. The van der Waals surface area contributed by atoms with Crippen LogP contribution < -0.4 is 0 Å². The highest BCUT2D eigenvalue weighted by molar-refractivity contribution is 6.07. The number of hydrogen-bond donors (Lipinski definition) is 0. The summed E-state index contributed by atoms with van der Waals surface area (Å²) in [6, 6.07) is -10.1. The largest absolute Gasteiger partial charge is 0.456 e. The van der Waals surface area contributed by atoms with Gasteiger partial charge in [0.1, 0.15) is 11.2 Å². The number of furan rings is 1. The van der Waals surface area contributed by atoms with Gasteiger partial charge in [0.05, 0.1) is 37.0 Å². The fourth-order valence-corrected chi connectivity index (χ4v) is 7.30. The first-order valence-electron chi connectivity index (χ1n) is 31.4. The van der Waals surface area contributed by atoms with Crippen molar-refractivity contribution in [1.29, 1.82) is 0 Å². The van der Waals surface area contributed by atoms with Crippen molar-refractivity contribution >= 4 is 65.0 Å². The molecule has 1 aromatic heterocycles. The predicted molar refractivity (Wildman–Crippen MR) is 242 cm³/mol. The summed E-state index contributed by atoms with van der Waals surface area (Å²) in [6.07, 6.45) is -2.52. The van der Waals surface area contributed by atoms with Crippen molar-refractivity contribution in [3.8, 4) is 11.1 Å². The van der Waals surface area contributed by atoms with E-state index in [0.29, 0.717) is 5.56 Å². The Morgan fingerprint density at radius 3 is 1.68 bits per heavy atom. The lowest BCUT2D eigenvalue weighted by Gasteiger charge is -2.18. The van der Waals surface area contributed by atoms with E-state index in [1.807, 2.05) is 0 Å². The third-order valence-corrected chi connectivity index (χ3v) is 9.94. The van der Waals surface area contributed by atoms with E-state index in [1.165, 1.54) is 0 Å². The zero-order chi connectivity index (χ0) is 61.2. The lowest BCUT2D eigenvalue weighted by Crippen LogP contribution is -2.02. The highest BCUT2D eigenvalue weighted by Gasteiger charge is 2.17. The molecule has 11 aromatic rings. The molecule has 11 rings (SSSR count). The van der Waals surface area contributed by atoms with Gasteiger partial charge < -0.3 is 4.42 Å². The van der Waals surface area contributed by atoms with Crippen molar-refractivity contribution in [3.63, 3.8) is 0 Å². The lowest BCUT2D eigenvalue weighted by molar-refractivity contribution is 0.669. The van der Waals surface area contributed by atoms with Crippen LogP contribution in [0.25, 0.3) is 76.2 Å². The second kappa shape index (κ2) is 14.0. The quantitative estimate of drug-likeness (QED) is 0.141. The fraction of sp³-hybridized carbons (Fsp3) is 0.0714. The zero-order valence-corrected chi connectivity index (χ0v) is 29.6. The lowest BCUT2D eigenvalue weighted by atomic mass is 9.85. The minimum atomic E-state index is -0.815. The summed E-state index contributed by atoms with van der Waals surface area (Å²) in [6.45, 7) is 0. The monoisotopic (exact) mass is 755 g/mol. The molecule has 0 aliphatic carbocycles. The molecule has 0 aliphatic rings. The molecule has 0 atom stereocenters. The summed E-state index contributed by atoms with van der Waals surface area (Å²) in [7, 11) is 0. The summed E-state index contributed by atoms with van der Waals surface area (Å²) in [5, 5.41) is -3.60. The van der Waals surface area contributed by atoms with Crippen LogP contribution in [0.2, 0.25) is 0 Å². The summed E-state index contributed by atoms with van der Waals surface area (Å²) >= 11 is 0. The van der Waals surface area contributed by atoms with E-state index in [4.69, 9.17) is 26.3 Å². The molecule has 0 radical (unpaired) electrons. The first-order chi connectivity index (χ1) is 39.5. The van der Waals surface area contributed by atoms with Gasteiger partial charge in [-0.1, -0.05) is 169 Å². The minimum absolute atomic E-state index is 0.0300. The number of aryl methyl sites for hydroxylation is 1. The molecule has 0 amide bonds. The van der Waals surface area contributed by atoms with Gasteiger partial charge in [-0.05, 0) is 137 Å². The molecule has 1 nitrogen and oxygen atoms in total. The Morgan fingerprint density at radius 1 is 0.368 bits per heavy atom. The Bertz CT molecular complexity index is 4780. The molecule has 0 saturated heterocycles. The summed E-state index contributed by atoms with van der Waals surface area (Å²) in [5.74, 6) is 0. The molecule has 0 saturated carbocycles. The van der Waals surface area contributed by atoms with Crippen LogP contribution in [0.15, 0.2) is 198 Å².